The Labute approximate surface area is 338 Å². The molecule has 0 bridgehead atoms. The van der Waals surface area contributed by atoms with Crippen LogP contribution in [0.25, 0.3) is 43.1 Å². The fourth-order valence-corrected chi connectivity index (χ4v) is 7.65. The van der Waals surface area contributed by atoms with E-state index in [1.165, 1.54) is 89.6 Å². The van der Waals surface area contributed by atoms with Gasteiger partial charge in [-0.3, -0.25) is 6.08 Å². The van der Waals surface area contributed by atoms with Crippen molar-refractivity contribution in [3.63, 3.8) is 0 Å². The van der Waals surface area contributed by atoms with Gasteiger partial charge in [0.1, 0.15) is 0 Å². The zero-order chi connectivity index (χ0) is 35.3. The van der Waals surface area contributed by atoms with Crippen molar-refractivity contribution in [2.75, 3.05) is 0 Å². The molecule has 8 rings (SSSR count). The second-order valence-electron chi connectivity index (χ2n) is 15.5. The van der Waals surface area contributed by atoms with Crippen molar-refractivity contribution in [1.82, 2.24) is 0 Å². The summed E-state index contributed by atoms with van der Waals surface area (Å²) in [6, 6.07) is 46.9. The Morgan fingerprint density at radius 3 is 1.40 bits per heavy atom. The summed E-state index contributed by atoms with van der Waals surface area (Å²) in [6.07, 6.45) is 12.1. The summed E-state index contributed by atoms with van der Waals surface area (Å²) in [5, 5.41) is 10.9. The Morgan fingerprint density at radius 2 is 1.02 bits per heavy atom. The maximum absolute atomic E-state index is 2.99. The fraction of sp³-hybridized carbons (Fsp3) is 0.224. The van der Waals surface area contributed by atoms with Crippen molar-refractivity contribution < 1.29 is 24.2 Å². The van der Waals surface area contributed by atoms with Crippen LogP contribution >= 0.6 is 24.8 Å². The second kappa shape index (κ2) is 18.0. The number of rotatable bonds is 4. The predicted molar refractivity (Wildman–Crippen MR) is 231 cm³/mol. The van der Waals surface area contributed by atoms with E-state index < -0.39 is 0 Å². The number of benzene rings is 6. The van der Waals surface area contributed by atoms with E-state index in [2.05, 4.69) is 181 Å². The monoisotopic (exact) mass is 798 g/mol. The Hall–Kier alpha value is -3.48. The Kier molecular flexibility index (Phi) is 14.3. The third-order valence-electron chi connectivity index (χ3n) is 9.59. The molecule has 0 aromatic heterocycles. The first-order chi connectivity index (χ1) is 24.0. The van der Waals surface area contributed by atoms with E-state index in [0.717, 1.165) is 19.3 Å². The molecule has 0 atom stereocenters. The van der Waals surface area contributed by atoms with Crippen LogP contribution in [0.4, 0.5) is 0 Å². The first-order valence-corrected chi connectivity index (χ1v) is 19.1. The van der Waals surface area contributed by atoms with Gasteiger partial charge in [0.25, 0.3) is 0 Å². The molecular weight excluding hydrogens is 751 g/mol. The third kappa shape index (κ3) is 10.1. The SMILES string of the molecule is CC(C)(C)c1ccc2c(c1)[cH-]c1cc(C(C)(C)C)ccc12.Cl.Cl.[C-]1=CC=CC1.[Zr+2]=[C](Cc1cccc2ccccc12)Cc1cccc2ccccc12. The topological polar surface area (TPSA) is 0 Å². The van der Waals surface area contributed by atoms with Crippen molar-refractivity contribution in [2.24, 2.45) is 0 Å². The first-order valence-electron chi connectivity index (χ1n) is 17.8. The maximum atomic E-state index is 2.99. The molecule has 0 nitrogen and oxygen atoms in total. The van der Waals surface area contributed by atoms with Crippen LogP contribution in [0.15, 0.2) is 146 Å². The molecule has 7 aromatic carbocycles. The van der Waals surface area contributed by atoms with Crippen LogP contribution in [0.5, 0.6) is 0 Å². The summed E-state index contributed by atoms with van der Waals surface area (Å²) >= 11 is 1.53. The Balaban J connectivity index is 0.000000199. The van der Waals surface area contributed by atoms with E-state index >= 15 is 0 Å². The van der Waals surface area contributed by atoms with Gasteiger partial charge in [0.2, 0.25) is 0 Å². The van der Waals surface area contributed by atoms with Crippen molar-refractivity contribution in [1.29, 1.82) is 0 Å². The molecule has 3 heteroatoms. The molecule has 0 unspecified atom stereocenters. The number of hydrogen-bond donors (Lipinski definition) is 0. The van der Waals surface area contributed by atoms with E-state index in [1.807, 2.05) is 12.2 Å². The molecule has 264 valence electrons. The number of fused-ring (bicyclic) bond motifs is 5. The molecule has 52 heavy (non-hydrogen) atoms. The minimum atomic E-state index is 0. The van der Waals surface area contributed by atoms with Gasteiger partial charge in [0.15, 0.2) is 0 Å². The van der Waals surface area contributed by atoms with Crippen molar-refractivity contribution in [2.45, 2.75) is 71.6 Å². The van der Waals surface area contributed by atoms with Gasteiger partial charge in [-0.25, -0.2) is 12.2 Å². The molecule has 0 fully saturated rings. The molecule has 0 radical (unpaired) electrons. The second-order valence-corrected chi connectivity index (χ2v) is 17.2. The standard InChI is InChI=1S/C23H18.C21H25.C5H5.2ClH.Zr/c1-3-16-22-18(8-1)10-5-12-20(22)14-7-15-21-13-6-11-19-9-2-4-17-23(19)21;1-20(2,3)16-7-9-18-14(12-16)11-15-13-17(21(4,5)6)8-10-19(15)18;1-2-4-5-3-1;;;/h1-6,8-13,16-17H,14-15H2;7-13H,1-6H3;1-3H,4H2;2*1H;/q;2*-1;;;+2. The molecule has 0 N–H and O–H groups in total. The van der Waals surface area contributed by atoms with E-state index in [-0.39, 0.29) is 35.6 Å². The normalized spacial score (nSPS) is 12.2. The van der Waals surface area contributed by atoms with Crippen LogP contribution in [0, 0.1) is 6.08 Å². The average molecular weight is 801 g/mol. The molecular formula is C49H50Cl2Zr. The van der Waals surface area contributed by atoms with Gasteiger partial charge in [-0.05, 0) is 10.8 Å². The van der Waals surface area contributed by atoms with Gasteiger partial charge in [-0.2, -0.15) is 6.08 Å². The van der Waals surface area contributed by atoms with Crippen LogP contribution in [0.2, 0.25) is 0 Å². The molecule has 1 aliphatic carbocycles. The van der Waals surface area contributed by atoms with Crippen LogP contribution in [0.1, 0.15) is 70.2 Å². The van der Waals surface area contributed by atoms with E-state index in [4.69, 9.17) is 0 Å². The van der Waals surface area contributed by atoms with Crippen LogP contribution < -0.4 is 0 Å². The van der Waals surface area contributed by atoms with E-state index in [1.54, 1.807) is 3.21 Å². The molecule has 0 saturated heterocycles. The Morgan fingerprint density at radius 1 is 0.577 bits per heavy atom. The number of hydrogen-bond acceptors (Lipinski definition) is 0. The number of halogens is 2. The average Bonchev–Trinajstić information content (AvgIpc) is 3.80. The molecule has 0 saturated carbocycles. The van der Waals surface area contributed by atoms with Crippen LogP contribution in [0.3, 0.4) is 0 Å². The number of allylic oxidation sites excluding steroid dienone is 4. The molecule has 1 aliphatic rings. The van der Waals surface area contributed by atoms with Gasteiger partial charge < -0.3 is 0 Å². The van der Waals surface area contributed by atoms with E-state index in [9.17, 15) is 0 Å². The van der Waals surface area contributed by atoms with Gasteiger partial charge in [-0.1, -0.05) is 76.9 Å². The third-order valence-corrected chi connectivity index (χ3v) is 10.5. The molecule has 0 spiro atoms. The van der Waals surface area contributed by atoms with Gasteiger partial charge >= 0.3 is 158 Å². The minimum absolute atomic E-state index is 0. The Bertz CT molecular complexity index is 2170. The summed E-state index contributed by atoms with van der Waals surface area (Å²) in [7, 11) is 0. The van der Waals surface area contributed by atoms with Gasteiger partial charge in [0, 0.05) is 0 Å². The summed E-state index contributed by atoms with van der Waals surface area (Å²) in [4.78, 5) is 0. The summed E-state index contributed by atoms with van der Waals surface area (Å²) in [6.45, 7) is 13.6. The predicted octanol–water partition coefficient (Wildman–Crippen LogP) is 14.0. The van der Waals surface area contributed by atoms with Gasteiger partial charge in [-0.15, -0.1) is 71.0 Å². The molecule has 0 heterocycles. The molecule has 7 aromatic rings. The van der Waals surface area contributed by atoms with E-state index in [0.29, 0.717) is 0 Å². The summed E-state index contributed by atoms with van der Waals surface area (Å²) in [5.41, 5.74) is 6.10. The van der Waals surface area contributed by atoms with Gasteiger partial charge in [0.05, 0.1) is 0 Å². The summed E-state index contributed by atoms with van der Waals surface area (Å²) < 4.78 is 1.59. The first kappa shape index (κ1) is 41.3. The van der Waals surface area contributed by atoms with Crippen LogP contribution in [-0.2, 0) is 47.9 Å². The van der Waals surface area contributed by atoms with Crippen molar-refractivity contribution >= 4 is 71.1 Å². The zero-order valence-electron chi connectivity index (χ0n) is 31.3. The zero-order valence-corrected chi connectivity index (χ0v) is 35.4. The van der Waals surface area contributed by atoms with Crippen molar-refractivity contribution in [3.05, 3.63) is 174 Å². The molecule has 0 aliphatic heterocycles. The summed E-state index contributed by atoms with van der Waals surface area (Å²) in [5.74, 6) is 0. The molecule has 0 amide bonds. The quantitative estimate of drug-likeness (QED) is 0.156. The van der Waals surface area contributed by atoms with Crippen LogP contribution in [-0.4, -0.2) is 3.21 Å². The van der Waals surface area contributed by atoms with Crippen molar-refractivity contribution in [3.8, 4) is 0 Å². The fourth-order valence-electron chi connectivity index (χ4n) is 6.71.